The molecule has 0 aromatic heterocycles. The third-order valence-corrected chi connectivity index (χ3v) is 5.86. The molecule has 0 aliphatic carbocycles. The molecular weight excluding hydrogens is 422 g/mol. The van der Waals surface area contributed by atoms with Gasteiger partial charge in [0.25, 0.3) is 0 Å². The molecule has 1 saturated heterocycles. The fourth-order valence-electron chi connectivity index (χ4n) is 3.74. The molecule has 3 aromatic carbocycles. The molecule has 1 fully saturated rings. The summed E-state index contributed by atoms with van der Waals surface area (Å²) in [7, 11) is 1.69. The fraction of sp³-hybridized carbons (Fsp3) is 0.269. The predicted molar refractivity (Wildman–Crippen MR) is 131 cm³/mol. The van der Waals surface area contributed by atoms with Crippen LogP contribution in [0, 0.1) is 0 Å². The Morgan fingerprint density at radius 3 is 2.22 bits per heavy atom. The summed E-state index contributed by atoms with van der Waals surface area (Å²) in [6.45, 7) is 5.05. The minimum Gasteiger partial charge on any atom is -0.497 e. The van der Waals surface area contributed by atoms with E-state index in [0.717, 1.165) is 60.3 Å². The van der Waals surface area contributed by atoms with E-state index in [1.54, 1.807) is 7.11 Å². The topological polar surface area (TPSA) is 37.3 Å². The van der Waals surface area contributed by atoms with Crippen LogP contribution in [0.5, 0.6) is 5.75 Å². The van der Waals surface area contributed by atoms with Gasteiger partial charge in [-0.15, -0.1) is 0 Å². The average Bonchev–Trinajstić information content (AvgIpc) is 2.86. The smallest absolute Gasteiger partial charge is 0.142 e. The zero-order valence-corrected chi connectivity index (χ0v) is 19.0. The Bertz CT molecular complexity index is 1000. The van der Waals surface area contributed by atoms with E-state index in [9.17, 15) is 0 Å². The average molecular weight is 450 g/mol. The van der Waals surface area contributed by atoms with Crippen LogP contribution in [-0.4, -0.2) is 50.4 Å². The number of oxime groups is 1. The molecule has 32 heavy (non-hydrogen) atoms. The van der Waals surface area contributed by atoms with Crippen molar-refractivity contribution >= 4 is 23.0 Å². The summed E-state index contributed by atoms with van der Waals surface area (Å²) in [6.07, 6.45) is 0. The molecule has 5 nitrogen and oxygen atoms in total. The second kappa shape index (κ2) is 11.0. The number of nitrogens with zero attached hydrogens (tertiary/aromatic N) is 3. The largest absolute Gasteiger partial charge is 0.497 e. The lowest BCUT2D eigenvalue weighted by atomic mass is 10.1. The van der Waals surface area contributed by atoms with Gasteiger partial charge in [-0.3, -0.25) is 4.90 Å². The summed E-state index contributed by atoms with van der Waals surface area (Å²) in [5.41, 5.74) is 4.30. The molecule has 4 rings (SSSR count). The van der Waals surface area contributed by atoms with Crippen molar-refractivity contribution in [1.82, 2.24) is 4.90 Å². The van der Waals surface area contributed by atoms with Crippen molar-refractivity contribution in [1.29, 1.82) is 0 Å². The first kappa shape index (κ1) is 22.2. The molecule has 0 atom stereocenters. The maximum Gasteiger partial charge on any atom is 0.142 e. The lowest BCUT2D eigenvalue weighted by molar-refractivity contribution is 0.129. The molecule has 1 aliphatic heterocycles. The van der Waals surface area contributed by atoms with Crippen molar-refractivity contribution in [2.75, 3.05) is 44.7 Å². The molecular formula is C26H28ClN3O2. The first-order valence-corrected chi connectivity index (χ1v) is 11.2. The van der Waals surface area contributed by atoms with E-state index in [4.69, 9.17) is 21.2 Å². The Morgan fingerprint density at radius 2 is 1.56 bits per heavy atom. The van der Waals surface area contributed by atoms with Crippen molar-refractivity contribution in [3.8, 4) is 5.75 Å². The molecule has 3 aromatic rings. The molecule has 0 saturated carbocycles. The standard InChI is InChI=1S/C26H28ClN3O2/c1-31-25-13-11-24(12-14-25)30-17-15-29(16-18-30)19-26(22-5-3-2-4-6-22)28-32-20-21-7-9-23(27)10-8-21/h2-14H,15-20H2,1H3/b28-26-. The minimum atomic E-state index is 0.415. The van der Waals surface area contributed by atoms with E-state index in [1.165, 1.54) is 5.69 Å². The SMILES string of the molecule is COc1ccc(N2CCN(C/C(=N/OCc3ccc(Cl)cc3)c3ccccc3)CC2)cc1. The normalized spacial score (nSPS) is 14.9. The van der Waals surface area contributed by atoms with E-state index in [-0.39, 0.29) is 0 Å². The van der Waals surface area contributed by atoms with Gasteiger partial charge in [0.05, 0.1) is 7.11 Å². The Labute approximate surface area is 194 Å². The van der Waals surface area contributed by atoms with Crippen LogP contribution < -0.4 is 9.64 Å². The number of halogens is 1. The van der Waals surface area contributed by atoms with Crippen LogP contribution in [-0.2, 0) is 11.4 Å². The molecule has 0 bridgehead atoms. The van der Waals surface area contributed by atoms with Gasteiger partial charge in [-0.2, -0.15) is 0 Å². The number of ether oxygens (including phenoxy) is 1. The van der Waals surface area contributed by atoms with E-state index in [1.807, 2.05) is 54.6 Å². The number of rotatable bonds is 8. The van der Waals surface area contributed by atoms with Crippen molar-refractivity contribution in [3.05, 3.63) is 95.0 Å². The van der Waals surface area contributed by atoms with Crippen LogP contribution >= 0.6 is 11.6 Å². The summed E-state index contributed by atoms with van der Waals surface area (Å²) in [6, 6.07) is 26.2. The highest BCUT2D eigenvalue weighted by Crippen LogP contribution is 2.20. The van der Waals surface area contributed by atoms with Gasteiger partial charge in [0.2, 0.25) is 0 Å². The van der Waals surface area contributed by atoms with Crippen LogP contribution in [0.4, 0.5) is 5.69 Å². The number of anilines is 1. The van der Waals surface area contributed by atoms with Gasteiger partial charge in [0.1, 0.15) is 18.1 Å². The molecule has 0 radical (unpaired) electrons. The molecule has 0 amide bonds. The van der Waals surface area contributed by atoms with Crippen LogP contribution in [0.15, 0.2) is 84.0 Å². The van der Waals surface area contributed by atoms with Crippen molar-refractivity contribution in [3.63, 3.8) is 0 Å². The zero-order chi connectivity index (χ0) is 22.2. The van der Waals surface area contributed by atoms with Crippen LogP contribution in [0.2, 0.25) is 5.02 Å². The second-order valence-electron chi connectivity index (χ2n) is 7.77. The maximum atomic E-state index is 5.96. The van der Waals surface area contributed by atoms with Gasteiger partial charge in [0.15, 0.2) is 0 Å². The third kappa shape index (κ3) is 6.02. The quantitative estimate of drug-likeness (QED) is 0.354. The van der Waals surface area contributed by atoms with Crippen molar-refractivity contribution in [2.24, 2.45) is 5.16 Å². The molecule has 6 heteroatoms. The number of methoxy groups -OCH3 is 1. The van der Waals surface area contributed by atoms with Gasteiger partial charge in [0, 0.05) is 49.0 Å². The van der Waals surface area contributed by atoms with E-state index < -0.39 is 0 Å². The van der Waals surface area contributed by atoms with Crippen LogP contribution in [0.3, 0.4) is 0 Å². The first-order valence-electron chi connectivity index (χ1n) is 10.8. The molecule has 0 unspecified atom stereocenters. The number of piperazine rings is 1. The van der Waals surface area contributed by atoms with Gasteiger partial charge < -0.3 is 14.5 Å². The number of hydrogen-bond donors (Lipinski definition) is 0. The fourth-order valence-corrected chi connectivity index (χ4v) is 3.86. The highest BCUT2D eigenvalue weighted by molar-refractivity contribution is 6.30. The predicted octanol–water partition coefficient (Wildman–Crippen LogP) is 5.09. The summed E-state index contributed by atoms with van der Waals surface area (Å²) in [4.78, 5) is 10.6. The highest BCUT2D eigenvalue weighted by Gasteiger charge is 2.19. The van der Waals surface area contributed by atoms with Gasteiger partial charge in [-0.25, -0.2) is 0 Å². The summed E-state index contributed by atoms with van der Waals surface area (Å²) in [5, 5.41) is 5.24. The van der Waals surface area contributed by atoms with E-state index in [0.29, 0.717) is 6.61 Å². The van der Waals surface area contributed by atoms with Gasteiger partial charge in [-0.05, 0) is 42.0 Å². The first-order chi connectivity index (χ1) is 15.7. The number of hydrogen-bond acceptors (Lipinski definition) is 5. The Balaban J connectivity index is 1.37. The lowest BCUT2D eigenvalue weighted by Gasteiger charge is -2.36. The molecule has 166 valence electrons. The van der Waals surface area contributed by atoms with Gasteiger partial charge >= 0.3 is 0 Å². The summed E-state index contributed by atoms with van der Waals surface area (Å²) >= 11 is 5.96. The van der Waals surface area contributed by atoms with Crippen molar-refractivity contribution < 1.29 is 9.57 Å². The monoisotopic (exact) mass is 449 g/mol. The Hall–Kier alpha value is -3.02. The third-order valence-electron chi connectivity index (χ3n) is 5.61. The maximum absolute atomic E-state index is 5.96. The lowest BCUT2D eigenvalue weighted by Crippen LogP contribution is -2.48. The molecule has 1 aliphatic rings. The van der Waals surface area contributed by atoms with Gasteiger partial charge in [-0.1, -0.05) is 59.2 Å². The minimum absolute atomic E-state index is 0.415. The summed E-state index contributed by atoms with van der Waals surface area (Å²) in [5.74, 6) is 0.884. The Morgan fingerprint density at radius 1 is 0.875 bits per heavy atom. The summed E-state index contributed by atoms with van der Waals surface area (Å²) < 4.78 is 5.27. The van der Waals surface area contributed by atoms with Crippen LogP contribution in [0.25, 0.3) is 0 Å². The molecule has 0 N–H and O–H groups in total. The Kier molecular flexibility index (Phi) is 7.64. The van der Waals surface area contributed by atoms with E-state index >= 15 is 0 Å². The van der Waals surface area contributed by atoms with E-state index in [2.05, 4.69) is 39.2 Å². The van der Waals surface area contributed by atoms with Crippen molar-refractivity contribution in [2.45, 2.75) is 6.61 Å². The zero-order valence-electron chi connectivity index (χ0n) is 18.3. The highest BCUT2D eigenvalue weighted by atomic mass is 35.5. The molecule has 0 spiro atoms. The molecule has 1 heterocycles. The second-order valence-corrected chi connectivity index (χ2v) is 8.20. The van der Waals surface area contributed by atoms with Crippen LogP contribution in [0.1, 0.15) is 11.1 Å². The number of benzene rings is 3.